The van der Waals surface area contributed by atoms with Crippen LogP contribution in [0.3, 0.4) is 0 Å². The second-order valence-corrected chi connectivity index (χ2v) is 13.5. The Morgan fingerprint density at radius 1 is 0.511 bits per heavy atom. The molecule has 0 saturated carbocycles. The van der Waals surface area contributed by atoms with Gasteiger partial charge >= 0.3 is 0 Å². The van der Waals surface area contributed by atoms with Crippen LogP contribution in [0.2, 0.25) is 0 Å². The lowest BCUT2D eigenvalue weighted by Gasteiger charge is -2.26. The molecule has 47 heavy (non-hydrogen) atoms. The number of hydrogen-bond acceptors (Lipinski definition) is 3. The van der Waals surface area contributed by atoms with Crippen LogP contribution in [0.5, 0.6) is 0 Å². The number of para-hydroxylation sites is 3. The van der Waals surface area contributed by atoms with E-state index >= 15 is 0 Å². The molecule has 0 amide bonds. The van der Waals surface area contributed by atoms with Gasteiger partial charge in [0.25, 0.3) is 0 Å². The monoisotopic (exact) mass is 605 g/mol. The van der Waals surface area contributed by atoms with Gasteiger partial charge in [0.1, 0.15) is 0 Å². The maximum Gasteiger partial charge on any atom is 0.184 e. The topological polar surface area (TPSA) is 37.8 Å². The number of aromatic nitrogens is 4. The Hall–Kier alpha value is -5.94. The summed E-state index contributed by atoms with van der Waals surface area (Å²) in [4.78, 5) is 13.0. The predicted octanol–water partition coefficient (Wildman–Crippen LogP) is 11.0. The van der Waals surface area contributed by atoms with Crippen LogP contribution in [0.4, 0.5) is 17.2 Å². The van der Waals surface area contributed by atoms with Crippen molar-refractivity contribution in [1.82, 2.24) is 18.8 Å². The summed E-state index contributed by atoms with van der Waals surface area (Å²) in [5.74, 6) is 0.765. The van der Waals surface area contributed by atoms with Gasteiger partial charge in [-0.15, -0.1) is 0 Å². The summed E-state index contributed by atoms with van der Waals surface area (Å²) in [6, 6.07) is 45.6. The van der Waals surface area contributed by atoms with Crippen molar-refractivity contribution < 1.29 is 0 Å². The molecule has 5 nitrogen and oxygen atoms in total. The quantitative estimate of drug-likeness (QED) is 0.188. The van der Waals surface area contributed by atoms with E-state index in [0.29, 0.717) is 0 Å². The molecule has 4 aromatic heterocycles. The summed E-state index contributed by atoms with van der Waals surface area (Å²) >= 11 is 0. The summed E-state index contributed by atoms with van der Waals surface area (Å²) in [5.41, 5.74) is 9.71. The van der Waals surface area contributed by atoms with Gasteiger partial charge in [0.15, 0.2) is 17.1 Å². The molecule has 6 aromatic carbocycles. The second-order valence-electron chi connectivity index (χ2n) is 13.5. The van der Waals surface area contributed by atoms with Crippen LogP contribution in [-0.4, -0.2) is 18.8 Å². The van der Waals surface area contributed by atoms with Gasteiger partial charge in [-0.2, -0.15) is 0 Å². The summed E-state index contributed by atoms with van der Waals surface area (Å²) in [7, 11) is 0. The average molecular weight is 606 g/mol. The zero-order valence-electron chi connectivity index (χ0n) is 26.4. The van der Waals surface area contributed by atoms with Crippen molar-refractivity contribution in [2.24, 2.45) is 0 Å². The third kappa shape index (κ3) is 3.54. The molecule has 4 heterocycles. The molecule has 0 N–H and O–H groups in total. The number of nitrogens with zero attached hydrogens (tertiary/aromatic N) is 5. The van der Waals surface area contributed by atoms with Crippen molar-refractivity contribution in [3.05, 3.63) is 139 Å². The number of fused-ring (bicyclic) bond motifs is 12. The third-order valence-electron chi connectivity index (χ3n) is 9.82. The van der Waals surface area contributed by atoms with Crippen LogP contribution in [0.15, 0.2) is 134 Å². The van der Waals surface area contributed by atoms with Crippen LogP contribution in [0.1, 0.15) is 26.3 Å². The van der Waals surface area contributed by atoms with Crippen LogP contribution < -0.4 is 4.90 Å². The van der Waals surface area contributed by atoms with E-state index < -0.39 is 0 Å². The fourth-order valence-electron chi connectivity index (χ4n) is 7.71. The van der Waals surface area contributed by atoms with Gasteiger partial charge in [-0.1, -0.05) is 112 Å². The molecule has 224 valence electrons. The lowest BCUT2D eigenvalue weighted by Crippen LogP contribution is -2.15. The normalized spacial score (nSPS) is 12.6. The Bertz CT molecular complexity index is 2810. The Labute approximate surface area is 271 Å². The summed E-state index contributed by atoms with van der Waals surface area (Å²) < 4.78 is 4.70. The van der Waals surface area contributed by atoms with E-state index in [-0.39, 0.29) is 5.41 Å². The maximum atomic E-state index is 5.54. The molecule has 0 aliphatic heterocycles. The highest BCUT2D eigenvalue weighted by atomic mass is 15.2. The fraction of sp³-hybridized carbons (Fsp3) is 0.0952. The number of hydrogen-bond donors (Lipinski definition) is 0. The molecular weight excluding hydrogens is 574 g/mol. The first-order valence-corrected chi connectivity index (χ1v) is 16.2. The molecule has 0 aliphatic carbocycles. The Morgan fingerprint density at radius 3 is 1.57 bits per heavy atom. The molecule has 0 spiro atoms. The van der Waals surface area contributed by atoms with Crippen LogP contribution in [0.25, 0.3) is 65.7 Å². The van der Waals surface area contributed by atoms with Gasteiger partial charge in [0, 0.05) is 32.9 Å². The van der Waals surface area contributed by atoms with Crippen LogP contribution in [0, 0.1) is 0 Å². The van der Waals surface area contributed by atoms with E-state index in [9.17, 15) is 0 Å². The van der Waals surface area contributed by atoms with Crippen molar-refractivity contribution in [2.45, 2.75) is 26.2 Å². The van der Waals surface area contributed by atoms with Crippen molar-refractivity contribution >= 4 is 82.9 Å². The molecule has 0 bridgehead atoms. The molecule has 0 aliphatic rings. The lowest BCUT2D eigenvalue weighted by molar-refractivity contribution is 0.590. The van der Waals surface area contributed by atoms with Gasteiger partial charge in [-0.05, 0) is 58.1 Å². The molecule has 0 unspecified atom stereocenters. The van der Waals surface area contributed by atoms with E-state index in [1.54, 1.807) is 0 Å². The SMILES string of the molecule is CC(C)(C)c1ccc(N(c2ccccc2)c2cnc3c(n2)n2c4ccccc4c4c5ccccc5c5c6ccccc6n3c5c42)cc1. The van der Waals surface area contributed by atoms with E-state index in [4.69, 9.17) is 9.97 Å². The Kier molecular flexibility index (Phi) is 5.20. The summed E-state index contributed by atoms with van der Waals surface area (Å²) in [6.45, 7) is 6.74. The van der Waals surface area contributed by atoms with Gasteiger partial charge in [0.2, 0.25) is 0 Å². The summed E-state index contributed by atoms with van der Waals surface area (Å²) in [6.07, 6.45) is 1.93. The Balaban J connectivity index is 1.38. The van der Waals surface area contributed by atoms with E-state index in [1.807, 2.05) is 6.20 Å². The van der Waals surface area contributed by atoms with Crippen LogP contribution >= 0.6 is 0 Å². The molecule has 10 rings (SSSR count). The van der Waals surface area contributed by atoms with Crippen molar-refractivity contribution in [2.75, 3.05) is 4.90 Å². The minimum atomic E-state index is 0.0605. The first-order chi connectivity index (χ1) is 23.0. The van der Waals surface area contributed by atoms with Crippen molar-refractivity contribution in [3.63, 3.8) is 0 Å². The van der Waals surface area contributed by atoms with E-state index in [0.717, 1.165) is 39.5 Å². The Morgan fingerprint density at radius 2 is 1.00 bits per heavy atom. The smallest absolute Gasteiger partial charge is 0.184 e. The highest BCUT2D eigenvalue weighted by Crippen LogP contribution is 2.46. The zero-order valence-corrected chi connectivity index (χ0v) is 26.4. The van der Waals surface area contributed by atoms with Crippen LogP contribution in [-0.2, 0) is 5.41 Å². The fourth-order valence-corrected chi connectivity index (χ4v) is 7.71. The van der Waals surface area contributed by atoms with Gasteiger partial charge in [0.05, 0.1) is 28.3 Å². The van der Waals surface area contributed by atoms with E-state index in [2.05, 4.69) is 162 Å². The van der Waals surface area contributed by atoms with Gasteiger partial charge in [-0.3, -0.25) is 13.7 Å². The highest BCUT2D eigenvalue weighted by Gasteiger charge is 2.26. The van der Waals surface area contributed by atoms with E-state index in [1.165, 1.54) is 48.9 Å². The average Bonchev–Trinajstić information content (AvgIpc) is 3.63. The molecule has 0 fully saturated rings. The first kappa shape index (κ1) is 26.3. The number of benzene rings is 6. The number of rotatable bonds is 3. The number of anilines is 3. The molecule has 0 atom stereocenters. The molecule has 0 radical (unpaired) electrons. The largest absolute Gasteiger partial charge is 0.294 e. The molecule has 10 aromatic rings. The summed E-state index contributed by atoms with van der Waals surface area (Å²) in [5, 5.41) is 7.47. The van der Waals surface area contributed by atoms with Gasteiger partial charge in [-0.25, -0.2) is 9.97 Å². The third-order valence-corrected chi connectivity index (χ3v) is 9.82. The van der Waals surface area contributed by atoms with Crippen molar-refractivity contribution in [3.8, 4) is 0 Å². The second kappa shape index (κ2) is 9.30. The zero-order chi connectivity index (χ0) is 31.4. The van der Waals surface area contributed by atoms with Crippen molar-refractivity contribution in [1.29, 1.82) is 0 Å². The standard InChI is InChI=1S/C42H31N5/c1-42(2,3)26-21-23-28(24-22-26)45(27-13-5-4-6-14-27)35-25-43-40-41(44-35)47-34-20-12-10-18-32(34)37-30-16-8-7-15-29(30)36-31-17-9-11-19-33(31)46(40)38(36)39(37)47/h4-25H,1-3H3. The molecule has 5 heteroatoms. The van der Waals surface area contributed by atoms with Gasteiger partial charge < -0.3 is 0 Å². The molecule has 0 saturated heterocycles. The maximum absolute atomic E-state index is 5.54. The predicted molar refractivity (Wildman–Crippen MR) is 196 cm³/mol. The highest BCUT2D eigenvalue weighted by molar-refractivity contribution is 6.36. The molecular formula is C42H31N5. The lowest BCUT2D eigenvalue weighted by atomic mass is 9.87. The minimum Gasteiger partial charge on any atom is -0.294 e. The minimum absolute atomic E-state index is 0.0605. The first-order valence-electron chi connectivity index (χ1n) is 16.2.